The molecule has 0 unspecified atom stereocenters. The first-order chi connectivity index (χ1) is 9.88. The van der Waals surface area contributed by atoms with E-state index in [9.17, 15) is 9.59 Å². The molecule has 21 heavy (non-hydrogen) atoms. The summed E-state index contributed by atoms with van der Waals surface area (Å²) in [6, 6.07) is 8.91. The highest BCUT2D eigenvalue weighted by Gasteiger charge is 2.10. The van der Waals surface area contributed by atoms with Crippen LogP contribution in [0.1, 0.15) is 26.3 Å². The van der Waals surface area contributed by atoms with Crippen LogP contribution in [0.5, 0.6) is 0 Å². The Balaban J connectivity index is 2.42. The van der Waals surface area contributed by atoms with Gasteiger partial charge >= 0.3 is 11.9 Å². The molecule has 3 N–H and O–H groups in total. The van der Waals surface area contributed by atoms with Gasteiger partial charge in [0.2, 0.25) is 0 Å². The van der Waals surface area contributed by atoms with Crippen molar-refractivity contribution in [3.63, 3.8) is 0 Å². The summed E-state index contributed by atoms with van der Waals surface area (Å²) in [7, 11) is 0. The minimum absolute atomic E-state index is 0.0916. The highest BCUT2D eigenvalue weighted by molar-refractivity contribution is 6.33. The summed E-state index contributed by atoms with van der Waals surface area (Å²) < 4.78 is 0. The van der Waals surface area contributed by atoms with E-state index in [-0.39, 0.29) is 11.1 Å². The molecule has 0 aromatic heterocycles. The molecule has 0 bridgehead atoms. The van der Waals surface area contributed by atoms with Gasteiger partial charge < -0.3 is 15.5 Å². The van der Waals surface area contributed by atoms with Crippen LogP contribution in [0.2, 0.25) is 5.02 Å². The number of halogens is 1. The van der Waals surface area contributed by atoms with Crippen LogP contribution >= 0.6 is 11.6 Å². The van der Waals surface area contributed by atoms with Gasteiger partial charge in [-0.1, -0.05) is 17.7 Å². The molecular weight excluding hydrogens is 294 g/mol. The van der Waals surface area contributed by atoms with Gasteiger partial charge in [-0.15, -0.1) is 0 Å². The standard InChI is InChI=1S/C15H12ClNO4/c1-8-2-3-9(14(18)19)6-12(8)17-13-7-10(15(20)21)4-5-11(13)16/h2-7,17H,1H3,(H,18,19)(H,20,21). The second-order valence-electron chi connectivity index (χ2n) is 4.46. The van der Waals surface area contributed by atoms with E-state index in [1.165, 1.54) is 30.3 Å². The largest absolute Gasteiger partial charge is 0.478 e. The number of nitrogens with one attached hydrogen (secondary N) is 1. The number of benzene rings is 2. The molecule has 0 spiro atoms. The predicted octanol–water partition coefficient (Wildman–Crippen LogP) is 3.79. The van der Waals surface area contributed by atoms with Crippen LogP contribution in [0.15, 0.2) is 36.4 Å². The summed E-state index contributed by atoms with van der Waals surface area (Å²) in [4.78, 5) is 22.0. The van der Waals surface area contributed by atoms with Crippen LogP contribution in [-0.4, -0.2) is 22.2 Å². The molecule has 108 valence electrons. The van der Waals surface area contributed by atoms with Crippen molar-refractivity contribution < 1.29 is 19.8 Å². The van der Waals surface area contributed by atoms with Crippen molar-refractivity contribution in [2.24, 2.45) is 0 Å². The SMILES string of the molecule is Cc1ccc(C(=O)O)cc1Nc1cc(C(=O)O)ccc1Cl. The Kier molecular flexibility index (Phi) is 4.14. The summed E-state index contributed by atoms with van der Waals surface area (Å²) in [6.07, 6.45) is 0. The average molecular weight is 306 g/mol. The van der Waals surface area contributed by atoms with Gasteiger partial charge in [0.05, 0.1) is 21.8 Å². The van der Waals surface area contributed by atoms with Crippen LogP contribution in [0.25, 0.3) is 0 Å². The lowest BCUT2D eigenvalue weighted by atomic mass is 10.1. The molecule has 0 aliphatic heterocycles. The van der Waals surface area contributed by atoms with Gasteiger partial charge in [0.1, 0.15) is 0 Å². The van der Waals surface area contributed by atoms with E-state index >= 15 is 0 Å². The molecule has 2 aromatic carbocycles. The number of carboxylic acid groups (broad SMARTS) is 2. The van der Waals surface area contributed by atoms with Crippen LogP contribution < -0.4 is 5.32 Å². The topological polar surface area (TPSA) is 86.6 Å². The van der Waals surface area contributed by atoms with Crippen LogP contribution in [0.3, 0.4) is 0 Å². The lowest BCUT2D eigenvalue weighted by molar-refractivity contribution is 0.0686. The Bertz CT molecular complexity index is 666. The molecule has 0 aliphatic carbocycles. The number of carbonyl (C=O) groups is 2. The Hall–Kier alpha value is -2.53. The minimum atomic E-state index is -1.06. The zero-order valence-electron chi connectivity index (χ0n) is 11.1. The van der Waals surface area contributed by atoms with Crippen molar-refractivity contribution in [3.8, 4) is 0 Å². The van der Waals surface area contributed by atoms with Crippen molar-refractivity contribution in [3.05, 3.63) is 58.1 Å². The summed E-state index contributed by atoms with van der Waals surface area (Å²) in [5.74, 6) is -2.10. The van der Waals surface area contributed by atoms with Gasteiger partial charge in [-0.05, 0) is 42.8 Å². The molecule has 0 saturated carbocycles. The maximum atomic E-state index is 11.0. The monoisotopic (exact) mass is 305 g/mol. The van der Waals surface area contributed by atoms with Gasteiger partial charge in [0.25, 0.3) is 0 Å². The summed E-state index contributed by atoms with van der Waals surface area (Å²) in [6.45, 7) is 1.81. The number of carboxylic acids is 2. The highest BCUT2D eigenvalue weighted by atomic mass is 35.5. The molecule has 0 atom stereocenters. The first kappa shape index (κ1) is 14.9. The number of rotatable bonds is 4. The lowest BCUT2D eigenvalue weighted by Crippen LogP contribution is -2.02. The van der Waals surface area contributed by atoms with Crippen molar-refractivity contribution >= 4 is 34.9 Å². The van der Waals surface area contributed by atoms with E-state index < -0.39 is 11.9 Å². The fourth-order valence-electron chi connectivity index (χ4n) is 1.79. The molecule has 2 aromatic rings. The number of hydrogen-bond acceptors (Lipinski definition) is 3. The molecule has 0 saturated heterocycles. The molecular formula is C15H12ClNO4. The van der Waals surface area contributed by atoms with Gasteiger partial charge in [0.15, 0.2) is 0 Å². The maximum absolute atomic E-state index is 11.0. The quantitative estimate of drug-likeness (QED) is 0.800. The Morgan fingerprint density at radius 3 is 2.05 bits per heavy atom. The van der Waals surface area contributed by atoms with Crippen LogP contribution in [0.4, 0.5) is 11.4 Å². The summed E-state index contributed by atoms with van der Waals surface area (Å²) in [5.41, 5.74) is 2.00. The maximum Gasteiger partial charge on any atom is 0.335 e. The van der Waals surface area contributed by atoms with E-state index in [4.69, 9.17) is 21.8 Å². The molecule has 0 aliphatic rings. The van der Waals surface area contributed by atoms with Crippen LogP contribution in [0, 0.1) is 6.92 Å². The second kappa shape index (κ2) is 5.85. The van der Waals surface area contributed by atoms with E-state index in [1.54, 1.807) is 6.07 Å². The summed E-state index contributed by atoms with van der Waals surface area (Å²) >= 11 is 6.03. The third kappa shape index (κ3) is 3.32. The normalized spacial score (nSPS) is 10.2. The lowest BCUT2D eigenvalue weighted by Gasteiger charge is -2.12. The zero-order chi connectivity index (χ0) is 15.6. The molecule has 2 rings (SSSR count). The number of hydrogen-bond donors (Lipinski definition) is 3. The van der Waals surface area contributed by atoms with Gasteiger partial charge in [0, 0.05) is 5.69 Å². The number of aromatic carboxylic acids is 2. The van der Waals surface area contributed by atoms with Crippen molar-refractivity contribution in [2.75, 3.05) is 5.32 Å². The first-order valence-electron chi connectivity index (χ1n) is 6.02. The zero-order valence-corrected chi connectivity index (χ0v) is 11.8. The summed E-state index contributed by atoms with van der Waals surface area (Å²) in [5, 5.41) is 21.3. The molecule has 0 heterocycles. The Labute approximate surface area is 125 Å². The Morgan fingerprint density at radius 1 is 0.952 bits per heavy atom. The van der Waals surface area contributed by atoms with Gasteiger partial charge in [-0.3, -0.25) is 0 Å². The van der Waals surface area contributed by atoms with E-state index in [1.807, 2.05) is 6.92 Å². The van der Waals surface area contributed by atoms with E-state index in [0.29, 0.717) is 16.4 Å². The first-order valence-corrected chi connectivity index (χ1v) is 6.40. The third-order valence-corrected chi connectivity index (χ3v) is 3.30. The van der Waals surface area contributed by atoms with E-state index in [0.717, 1.165) is 5.56 Å². The Morgan fingerprint density at radius 2 is 1.48 bits per heavy atom. The van der Waals surface area contributed by atoms with Gasteiger partial charge in [-0.25, -0.2) is 9.59 Å². The average Bonchev–Trinajstić information content (AvgIpc) is 2.43. The molecule has 5 nitrogen and oxygen atoms in total. The fraction of sp³-hybridized carbons (Fsp3) is 0.0667. The number of anilines is 2. The van der Waals surface area contributed by atoms with Gasteiger partial charge in [-0.2, -0.15) is 0 Å². The minimum Gasteiger partial charge on any atom is -0.478 e. The highest BCUT2D eigenvalue weighted by Crippen LogP contribution is 2.28. The second-order valence-corrected chi connectivity index (χ2v) is 4.87. The van der Waals surface area contributed by atoms with E-state index in [2.05, 4.69) is 5.32 Å². The molecule has 0 fully saturated rings. The molecule has 0 radical (unpaired) electrons. The number of aryl methyl sites for hydroxylation is 1. The smallest absolute Gasteiger partial charge is 0.335 e. The van der Waals surface area contributed by atoms with Crippen molar-refractivity contribution in [1.29, 1.82) is 0 Å². The third-order valence-electron chi connectivity index (χ3n) is 2.97. The fourth-order valence-corrected chi connectivity index (χ4v) is 1.95. The van der Waals surface area contributed by atoms with Crippen LogP contribution in [-0.2, 0) is 0 Å². The predicted molar refractivity (Wildman–Crippen MR) is 79.8 cm³/mol. The molecule has 0 amide bonds. The molecule has 6 heteroatoms. The van der Waals surface area contributed by atoms with Crippen molar-refractivity contribution in [2.45, 2.75) is 6.92 Å². The van der Waals surface area contributed by atoms with Crippen molar-refractivity contribution in [1.82, 2.24) is 0 Å².